The maximum absolute atomic E-state index is 12.5. The van der Waals surface area contributed by atoms with Crippen LogP contribution in [0.15, 0.2) is 48.5 Å². The molecule has 0 saturated heterocycles. The second-order valence-electron chi connectivity index (χ2n) is 6.59. The van der Waals surface area contributed by atoms with Crippen molar-refractivity contribution in [3.63, 3.8) is 0 Å². The van der Waals surface area contributed by atoms with Crippen LogP contribution >= 0.6 is 11.6 Å². The quantitative estimate of drug-likeness (QED) is 0.679. The molecule has 2 aromatic carbocycles. The third kappa shape index (κ3) is 6.26. The van der Waals surface area contributed by atoms with E-state index in [4.69, 9.17) is 11.6 Å². The minimum Gasteiger partial charge on any atom is -0.354 e. The predicted octanol–water partition coefficient (Wildman–Crippen LogP) is 3.55. The number of rotatable bonds is 8. The second kappa shape index (κ2) is 9.24. The second-order valence-corrected chi connectivity index (χ2v) is 8.89. The van der Waals surface area contributed by atoms with Gasteiger partial charge in [0.1, 0.15) is 6.04 Å². The summed E-state index contributed by atoms with van der Waals surface area (Å²) in [5, 5.41) is 3.52. The zero-order valence-electron chi connectivity index (χ0n) is 15.8. The first-order valence-corrected chi connectivity index (χ1v) is 11.0. The Kier molecular flexibility index (Phi) is 7.27. The van der Waals surface area contributed by atoms with Crippen molar-refractivity contribution >= 4 is 33.2 Å². The number of anilines is 1. The molecule has 0 unspecified atom stereocenters. The number of amides is 1. The Morgan fingerprint density at radius 3 is 2.44 bits per heavy atom. The summed E-state index contributed by atoms with van der Waals surface area (Å²) in [5.74, 6) is -0.321. The van der Waals surface area contributed by atoms with Gasteiger partial charge in [0.05, 0.1) is 11.9 Å². The summed E-state index contributed by atoms with van der Waals surface area (Å²) >= 11 is 5.87. The van der Waals surface area contributed by atoms with Crippen molar-refractivity contribution in [1.29, 1.82) is 0 Å². The normalized spacial score (nSPS) is 12.4. The zero-order valence-corrected chi connectivity index (χ0v) is 17.3. The van der Waals surface area contributed by atoms with Crippen molar-refractivity contribution in [2.45, 2.75) is 32.7 Å². The van der Waals surface area contributed by atoms with Gasteiger partial charge in [-0.05, 0) is 62.1 Å². The highest BCUT2D eigenvalue weighted by Gasteiger charge is 2.28. The summed E-state index contributed by atoms with van der Waals surface area (Å²) in [7, 11) is -3.60. The van der Waals surface area contributed by atoms with Crippen molar-refractivity contribution in [2.75, 3.05) is 17.1 Å². The van der Waals surface area contributed by atoms with Gasteiger partial charge in [-0.3, -0.25) is 9.10 Å². The standard InChI is InChI=1S/C20H25ClN2O3S/c1-15-6-4-8-19(14-15)23(27(3,25)26)16(2)20(24)22-13-5-7-17-9-11-18(21)12-10-17/h4,6,8-12,14,16H,5,7,13H2,1-3H3,(H,22,24)/t16-/m0/s1. The smallest absolute Gasteiger partial charge is 0.243 e. The van der Waals surface area contributed by atoms with Crippen LogP contribution in [0.5, 0.6) is 0 Å². The number of aryl methyl sites for hydroxylation is 2. The fraction of sp³-hybridized carbons (Fsp3) is 0.350. The maximum Gasteiger partial charge on any atom is 0.243 e. The van der Waals surface area contributed by atoms with Gasteiger partial charge in [0, 0.05) is 11.6 Å². The summed E-state index contributed by atoms with van der Waals surface area (Å²) in [6.45, 7) is 3.95. The van der Waals surface area contributed by atoms with Crippen molar-refractivity contribution < 1.29 is 13.2 Å². The number of nitrogens with zero attached hydrogens (tertiary/aromatic N) is 1. The molecule has 0 fully saturated rings. The maximum atomic E-state index is 12.5. The van der Waals surface area contributed by atoms with Crippen molar-refractivity contribution in [2.24, 2.45) is 0 Å². The number of benzene rings is 2. The van der Waals surface area contributed by atoms with Crippen LogP contribution in [0, 0.1) is 6.92 Å². The molecule has 0 saturated carbocycles. The molecule has 0 aliphatic rings. The summed E-state index contributed by atoms with van der Waals surface area (Å²) < 4.78 is 25.7. The number of carbonyl (C=O) groups excluding carboxylic acids is 1. The summed E-state index contributed by atoms with van der Waals surface area (Å²) in [6.07, 6.45) is 2.67. The van der Waals surface area contributed by atoms with E-state index in [9.17, 15) is 13.2 Å². The molecule has 0 aliphatic carbocycles. The van der Waals surface area contributed by atoms with Gasteiger partial charge in [-0.1, -0.05) is 35.9 Å². The van der Waals surface area contributed by atoms with Crippen LogP contribution in [0.2, 0.25) is 5.02 Å². The minimum atomic E-state index is -3.60. The van der Waals surface area contributed by atoms with Crippen LogP contribution < -0.4 is 9.62 Å². The predicted molar refractivity (Wildman–Crippen MR) is 111 cm³/mol. The molecule has 27 heavy (non-hydrogen) atoms. The number of carbonyl (C=O) groups is 1. The number of sulfonamides is 1. The molecule has 0 aliphatic heterocycles. The van der Waals surface area contributed by atoms with Gasteiger partial charge in [-0.15, -0.1) is 0 Å². The highest BCUT2D eigenvalue weighted by molar-refractivity contribution is 7.92. The molecule has 0 spiro atoms. The van der Waals surface area contributed by atoms with Crippen LogP contribution in [0.4, 0.5) is 5.69 Å². The van der Waals surface area contributed by atoms with Gasteiger partial charge >= 0.3 is 0 Å². The number of hydrogen-bond acceptors (Lipinski definition) is 3. The third-order valence-corrected chi connectivity index (χ3v) is 5.69. The van der Waals surface area contributed by atoms with E-state index in [2.05, 4.69) is 5.32 Å². The molecule has 1 atom stereocenters. The monoisotopic (exact) mass is 408 g/mol. The average molecular weight is 409 g/mol. The van der Waals surface area contributed by atoms with Gasteiger partial charge < -0.3 is 5.32 Å². The molecule has 0 radical (unpaired) electrons. The Bertz CT molecular complexity index is 882. The fourth-order valence-electron chi connectivity index (χ4n) is 2.88. The van der Waals surface area contributed by atoms with Crippen molar-refractivity contribution in [3.8, 4) is 0 Å². The Labute approximate surface area is 166 Å². The van der Waals surface area contributed by atoms with Gasteiger partial charge in [0.25, 0.3) is 0 Å². The highest BCUT2D eigenvalue weighted by atomic mass is 35.5. The van der Waals surface area contributed by atoms with E-state index in [1.807, 2.05) is 37.3 Å². The Morgan fingerprint density at radius 1 is 1.19 bits per heavy atom. The van der Waals surface area contributed by atoms with Crippen LogP contribution in [0.3, 0.4) is 0 Å². The van der Waals surface area contributed by atoms with E-state index >= 15 is 0 Å². The van der Waals surface area contributed by atoms with Crippen LogP contribution in [0.25, 0.3) is 0 Å². The lowest BCUT2D eigenvalue weighted by atomic mass is 10.1. The number of halogens is 1. The largest absolute Gasteiger partial charge is 0.354 e. The minimum absolute atomic E-state index is 0.321. The molecule has 146 valence electrons. The molecular weight excluding hydrogens is 384 g/mol. The zero-order chi connectivity index (χ0) is 20.0. The van der Waals surface area contributed by atoms with Gasteiger partial charge in [-0.2, -0.15) is 0 Å². The lowest BCUT2D eigenvalue weighted by Crippen LogP contribution is -2.48. The molecule has 7 heteroatoms. The lowest BCUT2D eigenvalue weighted by Gasteiger charge is -2.28. The molecule has 5 nitrogen and oxygen atoms in total. The topological polar surface area (TPSA) is 66.5 Å². The summed E-state index contributed by atoms with van der Waals surface area (Å²) in [6, 6.07) is 13.9. The van der Waals surface area contributed by atoms with E-state index < -0.39 is 16.1 Å². The molecule has 0 heterocycles. The highest BCUT2D eigenvalue weighted by Crippen LogP contribution is 2.22. The first-order valence-electron chi connectivity index (χ1n) is 8.76. The number of nitrogens with one attached hydrogen (secondary N) is 1. The molecule has 1 N–H and O–H groups in total. The molecular formula is C20H25ClN2O3S. The van der Waals surface area contributed by atoms with E-state index in [1.165, 1.54) is 0 Å². The average Bonchev–Trinajstić information content (AvgIpc) is 2.59. The van der Waals surface area contributed by atoms with Gasteiger partial charge in [0.15, 0.2) is 0 Å². The first kappa shape index (κ1) is 21.3. The molecule has 2 rings (SSSR count). The van der Waals surface area contributed by atoms with E-state index in [0.717, 1.165) is 34.5 Å². The third-order valence-electron chi connectivity index (χ3n) is 4.20. The molecule has 2 aromatic rings. The van der Waals surface area contributed by atoms with Crippen molar-refractivity contribution in [1.82, 2.24) is 5.32 Å². The first-order chi connectivity index (χ1) is 12.7. The van der Waals surface area contributed by atoms with Gasteiger partial charge in [-0.25, -0.2) is 8.42 Å². The summed E-state index contributed by atoms with van der Waals surface area (Å²) in [5.41, 5.74) is 2.55. The Morgan fingerprint density at radius 2 is 1.85 bits per heavy atom. The fourth-order valence-corrected chi connectivity index (χ4v) is 4.17. The van der Waals surface area contributed by atoms with E-state index in [1.54, 1.807) is 25.1 Å². The summed E-state index contributed by atoms with van der Waals surface area (Å²) in [4.78, 5) is 12.5. The van der Waals surface area contributed by atoms with E-state index in [-0.39, 0.29) is 5.91 Å². The Balaban J connectivity index is 1.97. The van der Waals surface area contributed by atoms with Crippen LogP contribution in [-0.2, 0) is 21.2 Å². The Hall–Kier alpha value is -2.05. The van der Waals surface area contributed by atoms with Gasteiger partial charge in [0.2, 0.25) is 15.9 Å². The lowest BCUT2D eigenvalue weighted by molar-refractivity contribution is -0.121. The van der Waals surface area contributed by atoms with Crippen molar-refractivity contribution in [3.05, 3.63) is 64.7 Å². The number of hydrogen-bond donors (Lipinski definition) is 1. The molecule has 0 aromatic heterocycles. The van der Waals surface area contributed by atoms with Crippen LogP contribution in [-0.4, -0.2) is 33.2 Å². The SMILES string of the molecule is Cc1cccc(N([C@@H](C)C(=O)NCCCc2ccc(Cl)cc2)S(C)(=O)=O)c1. The van der Waals surface area contributed by atoms with E-state index in [0.29, 0.717) is 17.3 Å². The van der Waals surface area contributed by atoms with Crippen LogP contribution in [0.1, 0.15) is 24.5 Å². The molecule has 1 amide bonds. The molecule has 0 bridgehead atoms.